The summed E-state index contributed by atoms with van der Waals surface area (Å²) < 4.78 is 5.70. The molecule has 0 amide bonds. The highest BCUT2D eigenvalue weighted by atomic mass is 16.5. The monoisotopic (exact) mass is 223 g/mol. The van der Waals surface area contributed by atoms with E-state index >= 15 is 0 Å². The minimum Gasteiger partial charge on any atom is -0.376 e. The van der Waals surface area contributed by atoms with Crippen LogP contribution in [0, 0.1) is 0 Å². The largest absolute Gasteiger partial charge is 0.376 e. The van der Waals surface area contributed by atoms with Gasteiger partial charge in [0, 0.05) is 7.11 Å². The molecule has 1 fully saturated rings. The van der Waals surface area contributed by atoms with E-state index in [1.165, 1.54) is 50.5 Å². The zero-order valence-corrected chi connectivity index (χ0v) is 10.5. The lowest BCUT2D eigenvalue weighted by molar-refractivity contribution is -0.0827. The van der Waals surface area contributed by atoms with Gasteiger partial charge in [-0.15, -0.1) is 0 Å². The van der Waals surface area contributed by atoms with Gasteiger partial charge < -0.3 is 10.5 Å². The van der Waals surface area contributed by atoms with Crippen molar-refractivity contribution in [3.05, 3.63) is 11.6 Å². The Balaban J connectivity index is 2.03. The van der Waals surface area contributed by atoms with Crippen LogP contribution < -0.4 is 5.73 Å². The van der Waals surface area contributed by atoms with Gasteiger partial charge in [0.15, 0.2) is 0 Å². The van der Waals surface area contributed by atoms with Crippen molar-refractivity contribution in [1.82, 2.24) is 0 Å². The van der Waals surface area contributed by atoms with Crippen LogP contribution in [0.25, 0.3) is 0 Å². The lowest BCUT2D eigenvalue weighted by Gasteiger charge is -2.46. The molecule has 2 N–H and O–H groups in total. The van der Waals surface area contributed by atoms with E-state index < -0.39 is 0 Å². The summed E-state index contributed by atoms with van der Waals surface area (Å²) in [7, 11) is 1.82. The summed E-state index contributed by atoms with van der Waals surface area (Å²) >= 11 is 0. The standard InChI is InChI=1S/C14H25NO/c1-16-14(10-7-11-14)13(15)12-8-5-3-2-4-6-9-12/h8,13H,2-7,9-11,15H2,1H3. The Bertz CT molecular complexity index is 250. The lowest BCUT2D eigenvalue weighted by Crippen LogP contribution is -2.55. The fourth-order valence-corrected chi connectivity index (χ4v) is 3.00. The summed E-state index contributed by atoms with van der Waals surface area (Å²) in [4.78, 5) is 0. The fraction of sp³-hybridized carbons (Fsp3) is 0.857. The van der Waals surface area contributed by atoms with Crippen molar-refractivity contribution in [2.75, 3.05) is 7.11 Å². The Morgan fingerprint density at radius 1 is 1.19 bits per heavy atom. The molecule has 92 valence electrons. The smallest absolute Gasteiger partial charge is 0.0867 e. The molecule has 0 spiro atoms. The Morgan fingerprint density at radius 2 is 1.94 bits per heavy atom. The average Bonchev–Trinajstić information content (AvgIpc) is 2.15. The van der Waals surface area contributed by atoms with Gasteiger partial charge in [-0.2, -0.15) is 0 Å². The van der Waals surface area contributed by atoms with Crippen LogP contribution >= 0.6 is 0 Å². The molecule has 2 aliphatic carbocycles. The van der Waals surface area contributed by atoms with Crippen LogP contribution in [0.2, 0.25) is 0 Å². The molecular weight excluding hydrogens is 198 g/mol. The van der Waals surface area contributed by atoms with E-state index in [1.807, 2.05) is 7.11 Å². The Hall–Kier alpha value is -0.340. The van der Waals surface area contributed by atoms with Crippen molar-refractivity contribution in [2.45, 2.75) is 69.4 Å². The molecule has 0 saturated heterocycles. The second-order valence-electron chi connectivity index (χ2n) is 5.33. The maximum absolute atomic E-state index is 6.43. The molecule has 0 aromatic carbocycles. The maximum atomic E-state index is 6.43. The van der Waals surface area contributed by atoms with Gasteiger partial charge in [-0.1, -0.05) is 24.5 Å². The highest BCUT2D eigenvalue weighted by Crippen LogP contribution is 2.40. The Morgan fingerprint density at radius 3 is 2.56 bits per heavy atom. The minimum absolute atomic E-state index is 0.0228. The van der Waals surface area contributed by atoms with E-state index in [4.69, 9.17) is 10.5 Å². The van der Waals surface area contributed by atoms with Crippen molar-refractivity contribution < 1.29 is 4.74 Å². The van der Waals surface area contributed by atoms with Gasteiger partial charge in [-0.05, 0) is 44.9 Å². The number of hydrogen-bond acceptors (Lipinski definition) is 2. The van der Waals surface area contributed by atoms with Crippen molar-refractivity contribution in [2.24, 2.45) is 5.73 Å². The highest BCUT2D eigenvalue weighted by molar-refractivity contribution is 5.19. The van der Waals surface area contributed by atoms with E-state index in [9.17, 15) is 0 Å². The molecule has 2 heteroatoms. The second kappa shape index (κ2) is 5.33. The third kappa shape index (κ3) is 2.33. The van der Waals surface area contributed by atoms with Gasteiger partial charge in [0.25, 0.3) is 0 Å². The molecule has 2 aliphatic rings. The molecular formula is C14H25NO. The topological polar surface area (TPSA) is 35.2 Å². The average molecular weight is 223 g/mol. The summed E-state index contributed by atoms with van der Waals surface area (Å²) in [6.07, 6.45) is 13.7. The predicted octanol–water partition coefficient (Wildman–Crippen LogP) is 3.16. The van der Waals surface area contributed by atoms with E-state index in [0.29, 0.717) is 0 Å². The molecule has 0 heterocycles. The number of methoxy groups -OCH3 is 1. The Kier molecular flexibility index (Phi) is 4.04. The summed E-state index contributed by atoms with van der Waals surface area (Å²) in [5, 5.41) is 0. The minimum atomic E-state index is -0.0228. The van der Waals surface area contributed by atoms with Crippen molar-refractivity contribution in [1.29, 1.82) is 0 Å². The van der Waals surface area contributed by atoms with Gasteiger partial charge in [0.05, 0.1) is 11.6 Å². The number of allylic oxidation sites excluding steroid dienone is 1. The third-order valence-corrected chi connectivity index (χ3v) is 4.40. The van der Waals surface area contributed by atoms with Gasteiger partial charge in [0.2, 0.25) is 0 Å². The molecule has 1 atom stereocenters. The Labute approximate surface area is 99.2 Å². The molecule has 16 heavy (non-hydrogen) atoms. The van der Waals surface area contributed by atoms with Gasteiger partial charge in [0.1, 0.15) is 0 Å². The molecule has 0 aliphatic heterocycles. The first-order chi connectivity index (χ1) is 7.78. The number of hydrogen-bond donors (Lipinski definition) is 1. The van der Waals surface area contributed by atoms with Gasteiger partial charge in [-0.25, -0.2) is 0 Å². The van der Waals surface area contributed by atoms with Crippen LogP contribution in [0.5, 0.6) is 0 Å². The second-order valence-corrected chi connectivity index (χ2v) is 5.33. The third-order valence-electron chi connectivity index (χ3n) is 4.40. The summed E-state index contributed by atoms with van der Waals surface area (Å²) in [5.41, 5.74) is 7.86. The normalized spacial score (nSPS) is 27.2. The van der Waals surface area contributed by atoms with Crippen LogP contribution in [0.1, 0.15) is 57.8 Å². The summed E-state index contributed by atoms with van der Waals surface area (Å²) in [6.45, 7) is 0. The van der Waals surface area contributed by atoms with E-state index in [0.717, 1.165) is 12.8 Å². The first-order valence-corrected chi connectivity index (χ1v) is 6.78. The first kappa shape index (κ1) is 12.1. The molecule has 1 unspecified atom stereocenters. The van der Waals surface area contributed by atoms with Gasteiger partial charge in [-0.3, -0.25) is 0 Å². The van der Waals surface area contributed by atoms with Crippen molar-refractivity contribution >= 4 is 0 Å². The predicted molar refractivity (Wildman–Crippen MR) is 67.4 cm³/mol. The maximum Gasteiger partial charge on any atom is 0.0867 e. The zero-order valence-electron chi connectivity index (χ0n) is 10.5. The van der Waals surface area contributed by atoms with E-state index in [1.54, 1.807) is 0 Å². The zero-order chi connectivity index (χ0) is 11.4. The van der Waals surface area contributed by atoms with Crippen LogP contribution in [-0.4, -0.2) is 18.8 Å². The molecule has 0 aromatic heterocycles. The van der Waals surface area contributed by atoms with Crippen LogP contribution in [0.3, 0.4) is 0 Å². The van der Waals surface area contributed by atoms with Crippen molar-refractivity contribution in [3.8, 4) is 0 Å². The molecule has 0 radical (unpaired) electrons. The first-order valence-electron chi connectivity index (χ1n) is 6.78. The SMILES string of the molecule is COC1(C(N)C2=CCCCCCC2)CCC1. The van der Waals surface area contributed by atoms with Crippen LogP contribution in [-0.2, 0) is 4.74 Å². The summed E-state index contributed by atoms with van der Waals surface area (Å²) in [6, 6.07) is 0.143. The van der Waals surface area contributed by atoms with Crippen LogP contribution in [0.4, 0.5) is 0 Å². The fourth-order valence-electron chi connectivity index (χ4n) is 3.00. The number of nitrogens with two attached hydrogens (primary N) is 1. The van der Waals surface area contributed by atoms with E-state index in [-0.39, 0.29) is 11.6 Å². The lowest BCUT2D eigenvalue weighted by atomic mass is 9.71. The summed E-state index contributed by atoms with van der Waals surface area (Å²) in [5.74, 6) is 0. The molecule has 2 nitrogen and oxygen atoms in total. The number of rotatable bonds is 3. The molecule has 0 aromatic rings. The molecule has 2 rings (SSSR count). The van der Waals surface area contributed by atoms with Gasteiger partial charge >= 0.3 is 0 Å². The quantitative estimate of drug-likeness (QED) is 0.746. The molecule has 0 bridgehead atoms. The number of ether oxygens (including phenoxy) is 1. The highest BCUT2D eigenvalue weighted by Gasteiger charge is 2.43. The van der Waals surface area contributed by atoms with Crippen molar-refractivity contribution in [3.63, 3.8) is 0 Å². The molecule has 1 saturated carbocycles. The van der Waals surface area contributed by atoms with Crippen LogP contribution in [0.15, 0.2) is 11.6 Å². The van der Waals surface area contributed by atoms with E-state index in [2.05, 4.69) is 6.08 Å².